The number of rotatable bonds is 25. The summed E-state index contributed by atoms with van der Waals surface area (Å²) in [6.45, 7) is 2.51. The maximum atomic E-state index is 12.3. The van der Waals surface area contributed by atoms with E-state index in [4.69, 9.17) is 0 Å². The molecule has 0 radical (unpaired) electrons. The Labute approximate surface area is 249 Å². The summed E-state index contributed by atoms with van der Waals surface area (Å²) in [5.41, 5.74) is 0.840. The number of aromatic nitrogens is 2. The van der Waals surface area contributed by atoms with Crippen molar-refractivity contribution in [1.29, 1.82) is 0 Å². The second kappa shape index (κ2) is 21.6. The summed E-state index contributed by atoms with van der Waals surface area (Å²) in [7, 11) is 0. The number of amides is 1. The van der Waals surface area contributed by atoms with Crippen molar-refractivity contribution >= 4 is 28.3 Å². The molecule has 236 valence electrons. The van der Waals surface area contributed by atoms with E-state index in [1.165, 1.54) is 76.7 Å². The van der Waals surface area contributed by atoms with Gasteiger partial charge in [0.15, 0.2) is 5.52 Å². The van der Waals surface area contributed by atoms with E-state index in [9.17, 15) is 25.1 Å². The van der Waals surface area contributed by atoms with Crippen LogP contribution >= 0.6 is 0 Å². The third kappa shape index (κ3) is 13.7. The lowest BCUT2D eigenvalue weighted by Crippen LogP contribution is -2.45. The number of nitrogens with zero attached hydrogens (tertiary/aromatic N) is 3. The Morgan fingerprint density at radius 3 is 2.21 bits per heavy atom. The molecule has 0 spiro atoms. The molecule has 11 heteroatoms. The molecule has 0 aliphatic carbocycles. The van der Waals surface area contributed by atoms with Gasteiger partial charge in [0.25, 0.3) is 0 Å². The SMILES string of the molecule is CCCCCCCCCCCCCC/C=C/[C@@H](O)C(CO)NC(=O)CCCCCNc1ccc([N+](=O)[O-])c2nonc12. The van der Waals surface area contributed by atoms with Crippen LogP contribution < -0.4 is 10.6 Å². The maximum Gasteiger partial charge on any atom is 0.300 e. The van der Waals surface area contributed by atoms with Gasteiger partial charge in [0.05, 0.1) is 29.4 Å². The van der Waals surface area contributed by atoms with E-state index in [1.807, 2.05) is 6.08 Å². The highest BCUT2D eigenvalue weighted by Crippen LogP contribution is 2.28. The molecule has 1 amide bonds. The zero-order valence-corrected chi connectivity index (χ0v) is 25.3. The molecule has 0 saturated carbocycles. The van der Waals surface area contributed by atoms with Crippen molar-refractivity contribution in [3.05, 3.63) is 34.4 Å². The number of aliphatic hydroxyl groups is 2. The molecule has 0 bridgehead atoms. The number of carbonyl (C=O) groups excluding carboxylic acids is 1. The number of unbranched alkanes of at least 4 members (excludes halogenated alkanes) is 14. The van der Waals surface area contributed by atoms with Crippen molar-refractivity contribution in [2.24, 2.45) is 0 Å². The van der Waals surface area contributed by atoms with Crippen LogP contribution in [0.4, 0.5) is 11.4 Å². The zero-order chi connectivity index (χ0) is 30.4. The first-order valence-electron chi connectivity index (χ1n) is 15.9. The fourth-order valence-electron chi connectivity index (χ4n) is 4.94. The van der Waals surface area contributed by atoms with E-state index in [1.54, 1.807) is 12.1 Å². The monoisotopic (exact) mass is 589 g/mol. The second-order valence-electron chi connectivity index (χ2n) is 11.0. The van der Waals surface area contributed by atoms with Crippen molar-refractivity contribution in [2.75, 3.05) is 18.5 Å². The summed E-state index contributed by atoms with van der Waals surface area (Å²) in [4.78, 5) is 22.9. The first kappa shape index (κ1) is 35.1. The lowest BCUT2D eigenvalue weighted by atomic mass is 10.0. The van der Waals surface area contributed by atoms with Gasteiger partial charge in [0.2, 0.25) is 11.4 Å². The van der Waals surface area contributed by atoms with Crippen LogP contribution in [-0.2, 0) is 4.79 Å². The molecule has 0 aliphatic rings. The summed E-state index contributed by atoms with van der Waals surface area (Å²) in [5.74, 6) is -0.207. The standard InChI is InChI=1S/C31H51N5O6/c1-2-3-4-5-6-7-8-9-10-11-12-13-14-16-19-28(38)26(24-37)33-29(39)20-17-15-18-23-32-25-21-22-27(36(40)41)31-30(25)34-42-35-31/h16,19,21-22,26,28,32,37-38H,2-15,17-18,20,23-24H2,1H3,(H,33,39)/b19-16+/t26?,28-/m1/s1. The van der Waals surface area contributed by atoms with Gasteiger partial charge in [0, 0.05) is 19.0 Å². The third-order valence-electron chi connectivity index (χ3n) is 7.50. The van der Waals surface area contributed by atoms with E-state index in [0.29, 0.717) is 30.6 Å². The molecule has 11 nitrogen and oxygen atoms in total. The third-order valence-corrected chi connectivity index (χ3v) is 7.50. The molecular weight excluding hydrogens is 538 g/mol. The average Bonchev–Trinajstić information content (AvgIpc) is 3.48. The zero-order valence-electron chi connectivity index (χ0n) is 25.3. The number of fused-ring (bicyclic) bond motifs is 1. The minimum Gasteiger partial charge on any atom is -0.394 e. The summed E-state index contributed by atoms with van der Waals surface area (Å²) < 4.78 is 4.66. The Balaban J connectivity index is 1.51. The highest BCUT2D eigenvalue weighted by atomic mass is 16.6. The predicted octanol–water partition coefficient (Wildman–Crippen LogP) is 6.59. The van der Waals surface area contributed by atoms with Gasteiger partial charge in [-0.3, -0.25) is 14.9 Å². The van der Waals surface area contributed by atoms with Crippen LogP contribution in [-0.4, -0.2) is 56.7 Å². The van der Waals surface area contributed by atoms with Gasteiger partial charge in [-0.15, -0.1) is 0 Å². The van der Waals surface area contributed by atoms with Gasteiger partial charge in [-0.05, 0) is 42.1 Å². The minimum absolute atomic E-state index is 0.0986. The number of non-ortho nitro benzene ring substituents is 1. The van der Waals surface area contributed by atoms with Gasteiger partial charge < -0.3 is 20.8 Å². The van der Waals surface area contributed by atoms with Crippen molar-refractivity contribution in [2.45, 2.75) is 128 Å². The molecule has 42 heavy (non-hydrogen) atoms. The Kier molecular flexibility index (Phi) is 18.1. The van der Waals surface area contributed by atoms with E-state index >= 15 is 0 Å². The number of carbonyl (C=O) groups is 1. The number of aliphatic hydroxyl groups excluding tert-OH is 2. The number of nitro benzene ring substituents is 1. The fraction of sp³-hybridized carbons (Fsp3) is 0.710. The van der Waals surface area contributed by atoms with Crippen molar-refractivity contribution in [1.82, 2.24) is 15.6 Å². The lowest BCUT2D eigenvalue weighted by Gasteiger charge is -2.20. The molecule has 2 aromatic rings. The molecule has 1 aromatic carbocycles. The number of nitro groups is 1. The Hall–Kier alpha value is -3.05. The topological polar surface area (TPSA) is 164 Å². The highest BCUT2D eigenvalue weighted by molar-refractivity contribution is 5.93. The highest BCUT2D eigenvalue weighted by Gasteiger charge is 2.20. The van der Waals surface area contributed by atoms with Gasteiger partial charge in [-0.2, -0.15) is 0 Å². The van der Waals surface area contributed by atoms with Gasteiger partial charge in [-0.1, -0.05) is 96.1 Å². The Bertz CT molecular complexity index is 1060. The van der Waals surface area contributed by atoms with E-state index in [-0.39, 0.29) is 23.7 Å². The average molecular weight is 590 g/mol. The number of benzene rings is 1. The van der Waals surface area contributed by atoms with Gasteiger partial charge in [0.1, 0.15) is 0 Å². The molecule has 1 aromatic heterocycles. The Morgan fingerprint density at radius 1 is 0.952 bits per heavy atom. The molecule has 4 N–H and O–H groups in total. The van der Waals surface area contributed by atoms with Crippen LogP contribution in [0.25, 0.3) is 11.0 Å². The summed E-state index contributed by atoms with van der Waals surface area (Å²) in [6.07, 6.45) is 21.7. The minimum atomic E-state index is -0.926. The molecule has 2 rings (SSSR count). The smallest absolute Gasteiger partial charge is 0.300 e. The number of allylic oxidation sites excluding steroid dienone is 1. The molecule has 0 fully saturated rings. The maximum absolute atomic E-state index is 12.3. The van der Waals surface area contributed by atoms with Crippen LogP contribution in [0.15, 0.2) is 28.9 Å². The van der Waals surface area contributed by atoms with Crippen LogP contribution in [0.2, 0.25) is 0 Å². The summed E-state index contributed by atoms with van der Waals surface area (Å²) in [6, 6.07) is 2.21. The van der Waals surface area contributed by atoms with E-state index < -0.39 is 17.1 Å². The second-order valence-corrected chi connectivity index (χ2v) is 11.0. The van der Waals surface area contributed by atoms with Crippen molar-refractivity contribution in [3.8, 4) is 0 Å². The number of hydrogen-bond acceptors (Lipinski definition) is 9. The largest absolute Gasteiger partial charge is 0.394 e. The number of nitrogens with one attached hydrogen (secondary N) is 2. The first-order chi connectivity index (χ1) is 20.5. The van der Waals surface area contributed by atoms with E-state index in [2.05, 4.69) is 32.5 Å². The lowest BCUT2D eigenvalue weighted by molar-refractivity contribution is -0.383. The van der Waals surface area contributed by atoms with Crippen molar-refractivity contribution in [3.63, 3.8) is 0 Å². The number of anilines is 1. The summed E-state index contributed by atoms with van der Waals surface area (Å²) in [5, 5.41) is 44.4. The summed E-state index contributed by atoms with van der Waals surface area (Å²) >= 11 is 0. The number of hydrogen-bond donors (Lipinski definition) is 4. The first-order valence-corrected chi connectivity index (χ1v) is 15.9. The molecule has 0 aliphatic heterocycles. The van der Waals surface area contributed by atoms with Gasteiger partial charge in [-0.25, -0.2) is 4.63 Å². The quantitative estimate of drug-likeness (QED) is 0.0433. The molecule has 0 saturated heterocycles. The fourth-order valence-corrected chi connectivity index (χ4v) is 4.94. The van der Waals surface area contributed by atoms with Crippen LogP contribution in [0, 0.1) is 10.1 Å². The van der Waals surface area contributed by atoms with Crippen LogP contribution in [0.5, 0.6) is 0 Å². The van der Waals surface area contributed by atoms with Crippen LogP contribution in [0.1, 0.15) is 116 Å². The van der Waals surface area contributed by atoms with Gasteiger partial charge >= 0.3 is 5.69 Å². The molecule has 1 heterocycles. The normalized spacial score (nSPS) is 13.0. The predicted molar refractivity (Wildman–Crippen MR) is 165 cm³/mol. The van der Waals surface area contributed by atoms with Crippen LogP contribution in [0.3, 0.4) is 0 Å². The van der Waals surface area contributed by atoms with E-state index in [0.717, 1.165) is 25.7 Å². The molecular formula is C31H51N5O6. The Morgan fingerprint density at radius 2 is 1.57 bits per heavy atom. The molecule has 2 atom stereocenters. The molecule has 1 unspecified atom stereocenters. The van der Waals surface area contributed by atoms with Crippen molar-refractivity contribution < 1.29 is 24.6 Å².